The van der Waals surface area contributed by atoms with Crippen molar-refractivity contribution in [2.45, 2.75) is 57.3 Å². The quantitative estimate of drug-likeness (QED) is 0.127. The summed E-state index contributed by atoms with van der Waals surface area (Å²) >= 11 is -1.74. The van der Waals surface area contributed by atoms with Crippen molar-refractivity contribution in [3.63, 3.8) is 0 Å². The molecule has 0 amide bonds. The van der Waals surface area contributed by atoms with Gasteiger partial charge in [-0.25, -0.2) is 4.98 Å². The Morgan fingerprint density at radius 2 is 1.33 bits per heavy atom. The van der Waals surface area contributed by atoms with Crippen molar-refractivity contribution in [1.82, 2.24) is 15.0 Å². The van der Waals surface area contributed by atoms with Crippen LogP contribution in [0.25, 0.3) is 66.8 Å². The Morgan fingerprint density at radius 3 is 1.98 bits per heavy atom. The van der Waals surface area contributed by atoms with Crippen LogP contribution >= 0.6 is 0 Å². The molecule has 0 unspecified atom stereocenters. The average molecular weight is 945 g/mol. The van der Waals surface area contributed by atoms with Crippen molar-refractivity contribution >= 4 is 39.7 Å². The molecule has 0 N–H and O–H groups in total. The number of rotatable bonds is 5. The molecule has 4 aromatic heterocycles. The minimum atomic E-state index is -1.74. The summed E-state index contributed by atoms with van der Waals surface area (Å²) in [5.41, 5.74) is 13.6. The first-order valence-corrected chi connectivity index (χ1v) is 25.5. The van der Waals surface area contributed by atoms with Crippen molar-refractivity contribution in [3.05, 3.63) is 157 Å². The van der Waals surface area contributed by atoms with Crippen LogP contribution in [0.4, 0.5) is 0 Å². The molecule has 0 fully saturated rings. The molecule has 273 valence electrons. The maximum Gasteiger partial charge on any atom is 0 e. The topological polar surface area (TPSA) is 51.8 Å². The van der Waals surface area contributed by atoms with Gasteiger partial charge < -0.3 is 9.40 Å². The number of benzene rings is 4. The summed E-state index contributed by atoms with van der Waals surface area (Å²) in [5.74, 6) is 7.17. The normalized spacial score (nSPS) is 11.6. The fourth-order valence-corrected chi connectivity index (χ4v) is 8.68. The van der Waals surface area contributed by atoms with E-state index in [2.05, 4.69) is 170 Å². The Kier molecular flexibility index (Phi) is 11.5. The summed E-state index contributed by atoms with van der Waals surface area (Å²) in [6.07, 6.45) is 5.80. The van der Waals surface area contributed by atoms with Gasteiger partial charge in [-0.15, -0.1) is 18.2 Å². The molecule has 0 saturated carbocycles. The first-order valence-electron chi connectivity index (χ1n) is 18.2. The summed E-state index contributed by atoms with van der Waals surface area (Å²) in [4.78, 5) is 13.9. The van der Waals surface area contributed by atoms with Crippen LogP contribution in [0.15, 0.2) is 132 Å². The Morgan fingerprint density at radius 1 is 0.630 bits per heavy atom. The maximum atomic E-state index is 6.25. The molecule has 4 heterocycles. The first-order chi connectivity index (χ1) is 25.3. The van der Waals surface area contributed by atoms with E-state index in [0.717, 1.165) is 50.0 Å². The Bertz CT molecular complexity index is 2530. The van der Waals surface area contributed by atoms with Crippen LogP contribution in [0, 0.1) is 26.0 Å². The zero-order valence-corrected chi connectivity index (χ0v) is 36.7. The summed E-state index contributed by atoms with van der Waals surface area (Å²) in [7, 11) is 0. The molecule has 6 heteroatoms. The van der Waals surface area contributed by atoms with Gasteiger partial charge in [0.25, 0.3) is 0 Å². The van der Waals surface area contributed by atoms with Gasteiger partial charge in [-0.1, -0.05) is 92.4 Å². The number of hydrogen-bond acceptors (Lipinski definition) is 4. The average Bonchev–Trinajstić information content (AvgIpc) is 3.53. The monoisotopic (exact) mass is 946 g/mol. The van der Waals surface area contributed by atoms with Gasteiger partial charge in [-0.2, -0.15) is 0 Å². The number of pyridine rings is 3. The van der Waals surface area contributed by atoms with Gasteiger partial charge in [0.15, 0.2) is 0 Å². The Labute approximate surface area is 335 Å². The van der Waals surface area contributed by atoms with Crippen LogP contribution < -0.4 is 4.40 Å². The van der Waals surface area contributed by atoms with Gasteiger partial charge >= 0.3 is 113 Å². The second-order valence-electron chi connectivity index (χ2n) is 15.8. The zero-order valence-electron chi connectivity index (χ0n) is 32.2. The minimum Gasteiger partial charge on any atom is 0 e. The summed E-state index contributed by atoms with van der Waals surface area (Å²) in [6, 6.07) is 44.6. The van der Waals surface area contributed by atoms with E-state index in [1.54, 1.807) is 0 Å². The molecule has 1 radical (unpaired) electrons. The van der Waals surface area contributed by atoms with Gasteiger partial charge in [-0.3, -0.25) is 0 Å². The van der Waals surface area contributed by atoms with Crippen molar-refractivity contribution in [1.29, 1.82) is 0 Å². The van der Waals surface area contributed by atoms with Gasteiger partial charge in [0.2, 0.25) is 5.71 Å². The number of aryl methyl sites for hydroxylation is 2. The summed E-state index contributed by atoms with van der Waals surface area (Å²) in [5, 5.41) is 2.01. The first kappa shape index (κ1) is 39.0. The fourth-order valence-electron chi connectivity index (χ4n) is 6.51. The van der Waals surface area contributed by atoms with Crippen LogP contribution in [0.1, 0.15) is 37.5 Å². The molecule has 0 aliphatic carbocycles. The van der Waals surface area contributed by atoms with Crippen LogP contribution in [0.2, 0.25) is 17.3 Å². The number of hydrogen-bond donors (Lipinski definition) is 0. The summed E-state index contributed by atoms with van der Waals surface area (Å²) < 4.78 is 7.70. The molecule has 54 heavy (non-hydrogen) atoms. The van der Waals surface area contributed by atoms with E-state index in [-0.39, 0.29) is 25.5 Å². The predicted molar refractivity (Wildman–Crippen MR) is 224 cm³/mol. The fraction of sp³-hybridized carbons (Fsp3) is 0.188. The van der Waals surface area contributed by atoms with E-state index in [0.29, 0.717) is 5.71 Å². The van der Waals surface area contributed by atoms with Crippen LogP contribution in [0.3, 0.4) is 0 Å². The van der Waals surface area contributed by atoms with E-state index in [1.807, 2.05) is 36.7 Å². The van der Waals surface area contributed by atoms with Gasteiger partial charge in [-0.05, 0) is 45.5 Å². The third-order valence-electron chi connectivity index (χ3n) is 9.67. The van der Waals surface area contributed by atoms with Crippen LogP contribution in [-0.4, -0.2) is 28.2 Å². The van der Waals surface area contributed by atoms with Crippen molar-refractivity contribution in [2.75, 3.05) is 0 Å². The molecule has 0 bridgehead atoms. The number of furan rings is 1. The van der Waals surface area contributed by atoms with Crippen molar-refractivity contribution in [2.24, 2.45) is 0 Å². The molecular weight excluding hydrogens is 899 g/mol. The largest absolute Gasteiger partial charge is 0 e. The van der Waals surface area contributed by atoms with E-state index >= 15 is 0 Å². The van der Waals surface area contributed by atoms with E-state index in [1.165, 1.54) is 32.2 Å². The van der Waals surface area contributed by atoms with Crippen molar-refractivity contribution in [3.8, 4) is 44.8 Å². The second-order valence-corrected chi connectivity index (χ2v) is 26.5. The van der Waals surface area contributed by atoms with Gasteiger partial charge in [0.05, 0.1) is 5.58 Å². The van der Waals surface area contributed by atoms with E-state index in [4.69, 9.17) is 4.42 Å². The molecule has 0 spiro atoms. The molecule has 0 atom stereocenters. The SMILES string of the molecule is CC(C)(C)c1ccnc(-c2[c-]ccc3c2oc2ncc(-c4ccc(-c5ccccc5)cc4)cc23)c1.Cc1c[c-]c(-c2cc[c]([Ge]([CH3])([CH3])[CH3])cn2)c(C)c1.[Ir]. The Balaban J connectivity index is 0.000000222. The maximum absolute atomic E-state index is 6.25. The second kappa shape index (κ2) is 16.0. The van der Waals surface area contributed by atoms with Crippen LogP contribution in [0.5, 0.6) is 0 Å². The predicted octanol–water partition coefficient (Wildman–Crippen LogP) is 12.2. The van der Waals surface area contributed by atoms with Crippen molar-refractivity contribution < 1.29 is 24.5 Å². The number of nitrogens with zero attached hydrogens (tertiary/aromatic N) is 3. The molecule has 0 aliphatic heterocycles. The molecule has 8 aromatic rings. The Hall–Kier alpha value is -4.68. The third kappa shape index (κ3) is 8.50. The van der Waals surface area contributed by atoms with Gasteiger partial charge in [0, 0.05) is 43.4 Å². The molecule has 0 aliphatic rings. The minimum absolute atomic E-state index is 0. The van der Waals surface area contributed by atoms with Crippen LogP contribution in [-0.2, 0) is 25.5 Å². The standard InChI is InChI=1S/C32H25N2O.C16H20GeN.Ir/c1-32(2,3)25-16-17-33-29(19-25)27-11-7-10-26-28-18-24(20-34-31(28)35-30(26)27)23-14-12-22(13-15-23)21-8-5-4-6-9-21;1-12-6-8-15(13(2)10-12)16-9-7-14(11-18-16)17(3,4)5;/h4-10,12-20H,1-3H3;6-7,9-11H,1-5H3;/q2*-1;. The molecule has 8 rings (SSSR count). The number of fused-ring (bicyclic) bond motifs is 3. The molecular formula is C48H45GeIrN3O-2. The third-order valence-corrected chi connectivity index (χ3v) is 13.9. The number of aromatic nitrogens is 3. The van der Waals surface area contributed by atoms with E-state index < -0.39 is 13.3 Å². The molecule has 4 nitrogen and oxygen atoms in total. The molecule has 4 aromatic carbocycles. The van der Waals surface area contributed by atoms with E-state index in [9.17, 15) is 0 Å². The smallest absolute Gasteiger partial charge is 0 e. The zero-order chi connectivity index (χ0) is 37.3. The van der Waals surface area contributed by atoms with Gasteiger partial charge in [0.1, 0.15) is 0 Å². The summed E-state index contributed by atoms with van der Waals surface area (Å²) in [6.45, 7) is 10.8. The molecule has 0 saturated heterocycles.